The number of amides is 2. The third-order valence-electron chi connectivity index (χ3n) is 6.14. The zero-order valence-electron chi connectivity index (χ0n) is 19.9. The van der Waals surface area contributed by atoms with Crippen molar-refractivity contribution in [2.24, 2.45) is 11.5 Å². The number of fused-ring (bicyclic) bond motifs is 1. The first kappa shape index (κ1) is 24.4. The van der Waals surface area contributed by atoms with Crippen LogP contribution < -0.4 is 21.7 Å². The first-order chi connectivity index (χ1) is 17.4. The van der Waals surface area contributed by atoms with Gasteiger partial charge in [0.2, 0.25) is 5.91 Å². The van der Waals surface area contributed by atoms with Crippen molar-refractivity contribution < 1.29 is 14.4 Å². The van der Waals surface area contributed by atoms with Crippen molar-refractivity contribution >= 4 is 40.4 Å². The van der Waals surface area contributed by atoms with Crippen molar-refractivity contribution in [3.05, 3.63) is 84.4 Å². The summed E-state index contributed by atoms with van der Waals surface area (Å²) in [5.41, 5.74) is 18.4. The largest absolute Gasteiger partial charge is 0.368 e. The van der Waals surface area contributed by atoms with Crippen LogP contribution in [0.5, 0.6) is 0 Å². The van der Waals surface area contributed by atoms with Crippen LogP contribution in [0.4, 0.5) is 11.4 Å². The third-order valence-corrected chi connectivity index (χ3v) is 6.14. The number of aromatic nitrogens is 1. The molecule has 4 aromatic rings. The quantitative estimate of drug-likeness (QED) is 0.213. The molecule has 0 fully saturated rings. The number of nitrogens with two attached hydrogens (primary N) is 2. The number of aldehydes is 1. The number of anilines is 2. The molecule has 8 nitrogen and oxygen atoms in total. The molecule has 0 saturated heterocycles. The fourth-order valence-electron chi connectivity index (χ4n) is 4.29. The SMILES string of the molecule is C=CC(=O)Nc1cccc(-c2ccc(C(N)=O)c3[nH]c(-c4ccc(N(C)CC=O)cc4)cc23)c1CN. The monoisotopic (exact) mass is 481 g/mol. The molecule has 0 unspecified atom stereocenters. The Labute approximate surface area is 208 Å². The first-order valence-corrected chi connectivity index (χ1v) is 11.3. The van der Waals surface area contributed by atoms with Crippen LogP contribution in [-0.2, 0) is 16.1 Å². The number of likely N-dealkylation sites (N-methyl/N-ethyl adjacent to an activating group) is 1. The summed E-state index contributed by atoms with van der Waals surface area (Å²) in [7, 11) is 1.85. The normalized spacial score (nSPS) is 10.7. The van der Waals surface area contributed by atoms with E-state index in [0.717, 1.165) is 45.3 Å². The lowest BCUT2D eigenvalue weighted by molar-refractivity contribution is -0.112. The summed E-state index contributed by atoms with van der Waals surface area (Å²) in [6, 6.07) is 18.8. The fraction of sp³-hybridized carbons (Fsp3) is 0.107. The summed E-state index contributed by atoms with van der Waals surface area (Å²) >= 11 is 0. The van der Waals surface area contributed by atoms with Crippen molar-refractivity contribution in [1.29, 1.82) is 0 Å². The number of rotatable bonds is 9. The van der Waals surface area contributed by atoms with Gasteiger partial charge in [0, 0.05) is 36.0 Å². The predicted molar refractivity (Wildman–Crippen MR) is 144 cm³/mol. The molecule has 0 spiro atoms. The minimum atomic E-state index is -0.545. The maximum atomic E-state index is 12.2. The smallest absolute Gasteiger partial charge is 0.250 e. The van der Waals surface area contributed by atoms with Gasteiger partial charge in [-0.25, -0.2) is 0 Å². The molecule has 0 aliphatic heterocycles. The molecule has 0 saturated carbocycles. The molecule has 4 rings (SSSR count). The van der Waals surface area contributed by atoms with E-state index >= 15 is 0 Å². The van der Waals surface area contributed by atoms with Gasteiger partial charge in [-0.1, -0.05) is 36.9 Å². The maximum absolute atomic E-state index is 12.2. The van der Waals surface area contributed by atoms with Crippen LogP contribution >= 0.6 is 0 Å². The van der Waals surface area contributed by atoms with Crippen LogP contribution in [0.1, 0.15) is 15.9 Å². The van der Waals surface area contributed by atoms with Gasteiger partial charge in [-0.05, 0) is 58.7 Å². The highest BCUT2D eigenvalue weighted by molar-refractivity contribution is 6.11. The number of H-pyrrole nitrogens is 1. The number of benzene rings is 3. The Morgan fingerprint density at radius 1 is 1.08 bits per heavy atom. The van der Waals surface area contributed by atoms with E-state index in [4.69, 9.17) is 11.5 Å². The highest BCUT2D eigenvalue weighted by Crippen LogP contribution is 2.37. The zero-order chi connectivity index (χ0) is 25.8. The van der Waals surface area contributed by atoms with Gasteiger partial charge in [0.15, 0.2) is 0 Å². The van der Waals surface area contributed by atoms with Crippen LogP contribution in [0.15, 0.2) is 73.3 Å². The van der Waals surface area contributed by atoms with E-state index in [-0.39, 0.29) is 12.5 Å². The number of aromatic amines is 1. The molecule has 1 heterocycles. The van der Waals surface area contributed by atoms with Crippen LogP contribution in [0.3, 0.4) is 0 Å². The second-order valence-electron chi connectivity index (χ2n) is 8.32. The molecule has 1 aromatic heterocycles. The minimum Gasteiger partial charge on any atom is -0.368 e. The first-order valence-electron chi connectivity index (χ1n) is 11.3. The van der Waals surface area contributed by atoms with Crippen molar-refractivity contribution in [2.75, 3.05) is 23.8 Å². The average molecular weight is 482 g/mol. The Balaban J connectivity index is 1.87. The Kier molecular flexibility index (Phi) is 6.98. The molecule has 8 heteroatoms. The van der Waals surface area contributed by atoms with Gasteiger partial charge in [-0.2, -0.15) is 0 Å². The summed E-state index contributed by atoms with van der Waals surface area (Å²) in [5, 5.41) is 3.61. The number of carbonyl (C=O) groups is 3. The maximum Gasteiger partial charge on any atom is 0.250 e. The third kappa shape index (κ3) is 4.62. The lowest BCUT2D eigenvalue weighted by atomic mass is 9.93. The molecule has 0 aliphatic carbocycles. The van der Waals surface area contributed by atoms with Crippen molar-refractivity contribution in [3.8, 4) is 22.4 Å². The molecule has 6 N–H and O–H groups in total. The average Bonchev–Trinajstić information content (AvgIpc) is 3.33. The topological polar surface area (TPSA) is 134 Å². The molecule has 2 amide bonds. The second-order valence-corrected chi connectivity index (χ2v) is 8.32. The lowest BCUT2D eigenvalue weighted by Gasteiger charge is -2.15. The van der Waals surface area contributed by atoms with Crippen LogP contribution in [0.2, 0.25) is 0 Å². The summed E-state index contributed by atoms with van der Waals surface area (Å²) in [6.07, 6.45) is 2.05. The molecular formula is C28H27N5O3. The lowest BCUT2D eigenvalue weighted by Crippen LogP contribution is -2.18. The van der Waals surface area contributed by atoms with Gasteiger partial charge in [0.25, 0.3) is 5.91 Å². The number of carbonyl (C=O) groups excluding carboxylic acids is 3. The zero-order valence-corrected chi connectivity index (χ0v) is 19.9. The van der Waals surface area contributed by atoms with Crippen LogP contribution in [0, 0.1) is 0 Å². The molecule has 182 valence electrons. The van der Waals surface area contributed by atoms with E-state index in [9.17, 15) is 14.4 Å². The number of hydrogen-bond donors (Lipinski definition) is 4. The van der Waals surface area contributed by atoms with E-state index in [2.05, 4.69) is 16.9 Å². The number of primary amides is 1. The Hall–Kier alpha value is -4.69. The fourth-order valence-corrected chi connectivity index (χ4v) is 4.29. The van der Waals surface area contributed by atoms with Crippen LogP contribution in [0.25, 0.3) is 33.3 Å². The summed E-state index contributed by atoms with van der Waals surface area (Å²) in [4.78, 5) is 40.2. The Morgan fingerprint density at radius 2 is 1.83 bits per heavy atom. The standard InChI is InChI=1S/C28H27N5O3/c1-3-26(35)31-24-6-4-5-19(23(24)16-29)20-11-12-21(28(30)36)27-22(20)15-25(32-27)17-7-9-18(10-8-17)33(2)13-14-34/h3-12,14-15,32H,1,13,16,29H2,2H3,(H2,30,36)(H,31,35). The van der Waals surface area contributed by atoms with E-state index in [1.807, 2.05) is 60.5 Å². The van der Waals surface area contributed by atoms with Gasteiger partial charge < -0.3 is 31.5 Å². The van der Waals surface area contributed by atoms with Gasteiger partial charge in [0.1, 0.15) is 6.29 Å². The van der Waals surface area contributed by atoms with Gasteiger partial charge in [-0.3, -0.25) is 9.59 Å². The molecule has 0 aliphatic rings. The summed E-state index contributed by atoms with van der Waals surface area (Å²) in [5.74, 6) is -0.876. The minimum absolute atomic E-state index is 0.190. The van der Waals surface area contributed by atoms with E-state index in [1.165, 1.54) is 6.08 Å². The highest BCUT2D eigenvalue weighted by Gasteiger charge is 2.18. The summed E-state index contributed by atoms with van der Waals surface area (Å²) < 4.78 is 0. The Bertz CT molecular complexity index is 1470. The van der Waals surface area contributed by atoms with Crippen LogP contribution in [-0.4, -0.2) is 36.7 Å². The van der Waals surface area contributed by atoms with Gasteiger partial charge in [-0.15, -0.1) is 0 Å². The second kappa shape index (κ2) is 10.3. The van der Waals surface area contributed by atoms with Crippen molar-refractivity contribution in [2.45, 2.75) is 6.54 Å². The van der Waals surface area contributed by atoms with Gasteiger partial charge >= 0.3 is 0 Å². The highest BCUT2D eigenvalue weighted by atomic mass is 16.1. The molecule has 3 aromatic carbocycles. The van der Waals surface area contributed by atoms with Crippen molar-refractivity contribution in [1.82, 2.24) is 4.98 Å². The number of nitrogens with one attached hydrogen (secondary N) is 2. The predicted octanol–water partition coefficient (Wildman–Crippen LogP) is 3.82. The van der Waals surface area contributed by atoms with E-state index in [1.54, 1.807) is 12.1 Å². The van der Waals surface area contributed by atoms with Gasteiger partial charge in [0.05, 0.1) is 17.6 Å². The molecule has 0 radical (unpaired) electrons. The number of nitrogens with zero attached hydrogens (tertiary/aromatic N) is 1. The molecular weight excluding hydrogens is 454 g/mol. The molecule has 36 heavy (non-hydrogen) atoms. The van der Waals surface area contributed by atoms with Crippen molar-refractivity contribution in [3.63, 3.8) is 0 Å². The number of hydrogen-bond acceptors (Lipinski definition) is 5. The van der Waals surface area contributed by atoms with E-state index < -0.39 is 5.91 Å². The Morgan fingerprint density at radius 3 is 2.47 bits per heavy atom. The van der Waals surface area contributed by atoms with E-state index in [0.29, 0.717) is 23.3 Å². The summed E-state index contributed by atoms with van der Waals surface area (Å²) in [6.45, 7) is 3.99. The molecule has 0 atom stereocenters. The molecule has 0 bridgehead atoms.